The lowest BCUT2D eigenvalue weighted by Crippen LogP contribution is -2.40. The second-order valence-corrected chi connectivity index (χ2v) is 4.59. The van der Waals surface area contributed by atoms with E-state index in [4.69, 9.17) is 5.73 Å². The molecule has 0 unspecified atom stereocenters. The van der Waals surface area contributed by atoms with Crippen LogP contribution in [-0.4, -0.2) is 44.0 Å². The Morgan fingerprint density at radius 2 is 2.18 bits per heavy atom. The van der Waals surface area contributed by atoms with E-state index in [1.165, 1.54) is 0 Å². The van der Waals surface area contributed by atoms with Gasteiger partial charge in [-0.3, -0.25) is 4.90 Å². The third-order valence-electron chi connectivity index (χ3n) is 3.35. The van der Waals surface area contributed by atoms with Crippen molar-refractivity contribution < 1.29 is 0 Å². The number of rotatable bonds is 2. The molecule has 0 radical (unpaired) electrons. The minimum atomic E-state index is 0.375. The van der Waals surface area contributed by atoms with E-state index in [0.29, 0.717) is 6.04 Å². The third-order valence-corrected chi connectivity index (χ3v) is 3.35. The fourth-order valence-electron chi connectivity index (χ4n) is 2.29. The van der Waals surface area contributed by atoms with E-state index in [9.17, 15) is 0 Å². The second kappa shape index (κ2) is 4.38. The predicted octanol–water partition coefficient (Wildman–Crippen LogP) is 0.207. The summed E-state index contributed by atoms with van der Waals surface area (Å²) in [5.41, 5.74) is 7.83. The summed E-state index contributed by atoms with van der Waals surface area (Å²) in [6.07, 6.45) is 5.96. The summed E-state index contributed by atoms with van der Waals surface area (Å²) in [6, 6.07) is 2.35. The van der Waals surface area contributed by atoms with Gasteiger partial charge in [0.25, 0.3) is 0 Å². The monoisotopic (exact) mass is 232 g/mol. The van der Waals surface area contributed by atoms with Crippen molar-refractivity contribution in [3.63, 3.8) is 0 Å². The van der Waals surface area contributed by atoms with Gasteiger partial charge in [0, 0.05) is 25.3 Å². The number of hydrogen-bond donors (Lipinski definition) is 1. The van der Waals surface area contributed by atoms with Crippen LogP contribution in [0.2, 0.25) is 0 Å². The van der Waals surface area contributed by atoms with Gasteiger partial charge in [-0.05, 0) is 24.1 Å². The highest BCUT2D eigenvalue weighted by Crippen LogP contribution is 2.14. The van der Waals surface area contributed by atoms with E-state index in [0.717, 1.165) is 43.6 Å². The van der Waals surface area contributed by atoms with E-state index in [1.54, 1.807) is 6.20 Å². The van der Waals surface area contributed by atoms with Gasteiger partial charge in [0.2, 0.25) is 0 Å². The van der Waals surface area contributed by atoms with Crippen LogP contribution < -0.4 is 5.73 Å². The molecule has 0 spiro atoms. The molecule has 0 aliphatic carbocycles. The van der Waals surface area contributed by atoms with Crippen LogP contribution in [0.15, 0.2) is 18.5 Å². The summed E-state index contributed by atoms with van der Waals surface area (Å²) in [7, 11) is 0. The molecule has 17 heavy (non-hydrogen) atoms. The Morgan fingerprint density at radius 3 is 3.00 bits per heavy atom. The Kier molecular flexibility index (Phi) is 2.74. The standard InChI is InChI=1S/C11H16N6/c12-9-1-4-16(5-2-9)8-17-6-3-10-11(17)7-13-15-14-10/h3,6-7,9H,1-2,4-5,8,12H2. The Bertz CT molecular complexity index is 499. The number of hydrogen-bond acceptors (Lipinski definition) is 5. The largest absolute Gasteiger partial charge is 0.331 e. The predicted molar refractivity (Wildman–Crippen MR) is 64.1 cm³/mol. The minimum absolute atomic E-state index is 0.375. The van der Waals surface area contributed by atoms with E-state index in [-0.39, 0.29) is 0 Å². The zero-order valence-corrected chi connectivity index (χ0v) is 9.66. The Morgan fingerprint density at radius 1 is 1.35 bits per heavy atom. The first-order valence-corrected chi connectivity index (χ1v) is 5.94. The second-order valence-electron chi connectivity index (χ2n) is 4.59. The molecule has 0 bridgehead atoms. The van der Waals surface area contributed by atoms with Crippen molar-refractivity contribution in [3.8, 4) is 0 Å². The fraction of sp³-hybridized carbons (Fsp3) is 0.545. The lowest BCUT2D eigenvalue weighted by molar-refractivity contribution is 0.173. The lowest BCUT2D eigenvalue weighted by atomic mass is 10.1. The number of piperidine rings is 1. The maximum absolute atomic E-state index is 5.90. The summed E-state index contributed by atoms with van der Waals surface area (Å²) in [5.74, 6) is 0. The molecule has 2 aromatic heterocycles. The van der Waals surface area contributed by atoms with Crippen LogP contribution in [0.25, 0.3) is 11.0 Å². The number of nitrogens with zero attached hydrogens (tertiary/aromatic N) is 5. The molecular formula is C11H16N6. The number of fused-ring (bicyclic) bond motifs is 1. The minimum Gasteiger partial charge on any atom is -0.331 e. The molecule has 3 heterocycles. The van der Waals surface area contributed by atoms with Crippen LogP contribution in [0.1, 0.15) is 12.8 Å². The number of aromatic nitrogens is 4. The fourth-order valence-corrected chi connectivity index (χ4v) is 2.29. The maximum atomic E-state index is 5.90. The molecule has 6 heteroatoms. The summed E-state index contributed by atoms with van der Waals surface area (Å²) < 4.78 is 2.16. The maximum Gasteiger partial charge on any atom is 0.114 e. The molecule has 2 aromatic rings. The van der Waals surface area contributed by atoms with Crippen molar-refractivity contribution in [2.24, 2.45) is 5.73 Å². The van der Waals surface area contributed by atoms with Crippen LogP contribution in [0.3, 0.4) is 0 Å². The number of likely N-dealkylation sites (tertiary alicyclic amines) is 1. The molecular weight excluding hydrogens is 216 g/mol. The van der Waals surface area contributed by atoms with Crippen LogP contribution >= 0.6 is 0 Å². The van der Waals surface area contributed by atoms with Crippen LogP contribution in [0.5, 0.6) is 0 Å². The van der Waals surface area contributed by atoms with E-state index < -0.39 is 0 Å². The van der Waals surface area contributed by atoms with Crippen LogP contribution in [0.4, 0.5) is 0 Å². The zero-order chi connectivity index (χ0) is 11.7. The molecule has 1 aliphatic rings. The Labute approximate surface area is 99.4 Å². The average Bonchev–Trinajstić information content (AvgIpc) is 2.76. The van der Waals surface area contributed by atoms with Gasteiger partial charge >= 0.3 is 0 Å². The van der Waals surface area contributed by atoms with E-state index >= 15 is 0 Å². The molecule has 3 rings (SSSR count). The molecule has 1 saturated heterocycles. The van der Waals surface area contributed by atoms with Gasteiger partial charge in [-0.15, -0.1) is 10.2 Å². The van der Waals surface area contributed by atoms with Crippen molar-refractivity contribution in [2.45, 2.75) is 25.6 Å². The van der Waals surface area contributed by atoms with Gasteiger partial charge in [0.15, 0.2) is 0 Å². The first kappa shape index (κ1) is 10.6. The lowest BCUT2D eigenvalue weighted by Gasteiger charge is -2.30. The van der Waals surface area contributed by atoms with Crippen molar-refractivity contribution in [1.29, 1.82) is 0 Å². The molecule has 6 nitrogen and oxygen atoms in total. The van der Waals surface area contributed by atoms with Crippen molar-refractivity contribution in [3.05, 3.63) is 18.5 Å². The molecule has 0 atom stereocenters. The van der Waals surface area contributed by atoms with Crippen molar-refractivity contribution in [2.75, 3.05) is 13.1 Å². The average molecular weight is 232 g/mol. The van der Waals surface area contributed by atoms with Crippen molar-refractivity contribution >= 4 is 11.0 Å². The summed E-state index contributed by atoms with van der Waals surface area (Å²) in [6.45, 7) is 3.00. The van der Waals surface area contributed by atoms with Crippen LogP contribution in [0, 0.1) is 0 Å². The Balaban J connectivity index is 1.76. The molecule has 90 valence electrons. The quantitative estimate of drug-likeness (QED) is 0.801. The highest BCUT2D eigenvalue weighted by atomic mass is 15.3. The Hall–Kier alpha value is -1.53. The van der Waals surface area contributed by atoms with Gasteiger partial charge in [-0.2, -0.15) is 0 Å². The summed E-state index contributed by atoms with van der Waals surface area (Å²) >= 11 is 0. The van der Waals surface area contributed by atoms with Gasteiger partial charge in [-0.25, -0.2) is 0 Å². The third kappa shape index (κ3) is 2.13. The SMILES string of the molecule is NC1CCN(Cn2ccc3nnncc32)CC1. The van der Waals surface area contributed by atoms with Gasteiger partial charge < -0.3 is 10.3 Å². The number of nitrogens with two attached hydrogens (primary N) is 1. The van der Waals surface area contributed by atoms with E-state index in [1.807, 2.05) is 12.3 Å². The zero-order valence-electron chi connectivity index (χ0n) is 9.66. The molecule has 0 aromatic carbocycles. The topological polar surface area (TPSA) is 72.9 Å². The highest BCUT2D eigenvalue weighted by molar-refractivity contribution is 5.73. The molecule has 0 amide bonds. The normalized spacial score (nSPS) is 18.9. The highest BCUT2D eigenvalue weighted by Gasteiger charge is 2.16. The van der Waals surface area contributed by atoms with E-state index in [2.05, 4.69) is 24.9 Å². The summed E-state index contributed by atoms with van der Waals surface area (Å²) in [5, 5.41) is 11.5. The van der Waals surface area contributed by atoms with Crippen LogP contribution in [-0.2, 0) is 6.67 Å². The molecule has 2 N–H and O–H groups in total. The first-order valence-electron chi connectivity index (χ1n) is 5.94. The smallest absolute Gasteiger partial charge is 0.114 e. The van der Waals surface area contributed by atoms with Gasteiger partial charge in [0.05, 0.1) is 18.4 Å². The van der Waals surface area contributed by atoms with Gasteiger partial charge in [-0.1, -0.05) is 0 Å². The molecule has 1 aliphatic heterocycles. The molecule has 1 fully saturated rings. The first-order chi connectivity index (χ1) is 8.33. The molecule has 0 saturated carbocycles. The van der Waals surface area contributed by atoms with Gasteiger partial charge in [0.1, 0.15) is 5.52 Å². The summed E-state index contributed by atoms with van der Waals surface area (Å²) in [4.78, 5) is 2.41. The van der Waals surface area contributed by atoms with Crippen molar-refractivity contribution in [1.82, 2.24) is 24.9 Å².